The van der Waals surface area contributed by atoms with Gasteiger partial charge in [-0.1, -0.05) is 23.7 Å². The maximum atomic E-state index is 13.2. The molecule has 0 aromatic heterocycles. The summed E-state index contributed by atoms with van der Waals surface area (Å²) in [5.41, 5.74) is 1.22. The van der Waals surface area contributed by atoms with Crippen LogP contribution in [0, 0.1) is 0 Å². The molecule has 190 valence electrons. The SMILES string of the molecule is CCNC(=O)[C@H](C)N(Cc1cccc(Cl)c1)C(=O)CCCN(c1ccc2c(c1)OCO2)S(C)(=O)=O. The molecule has 11 heteroatoms. The summed E-state index contributed by atoms with van der Waals surface area (Å²) < 4.78 is 36.8. The van der Waals surface area contributed by atoms with Crippen LogP contribution in [0.5, 0.6) is 11.5 Å². The van der Waals surface area contributed by atoms with Crippen molar-refractivity contribution in [2.45, 2.75) is 39.3 Å². The minimum atomic E-state index is -3.61. The number of hydrogen-bond acceptors (Lipinski definition) is 6. The fraction of sp³-hybridized carbons (Fsp3) is 0.417. The second-order valence-electron chi connectivity index (χ2n) is 8.20. The van der Waals surface area contributed by atoms with Crippen LogP contribution in [0.3, 0.4) is 0 Å². The molecule has 35 heavy (non-hydrogen) atoms. The van der Waals surface area contributed by atoms with E-state index < -0.39 is 16.1 Å². The minimum absolute atomic E-state index is 0.0564. The fourth-order valence-electron chi connectivity index (χ4n) is 3.78. The van der Waals surface area contributed by atoms with Gasteiger partial charge in [0.05, 0.1) is 11.9 Å². The highest BCUT2D eigenvalue weighted by Gasteiger charge is 2.27. The molecule has 0 aliphatic carbocycles. The summed E-state index contributed by atoms with van der Waals surface area (Å²) >= 11 is 6.09. The number of halogens is 1. The third-order valence-electron chi connectivity index (χ3n) is 5.56. The first-order chi connectivity index (χ1) is 16.6. The average Bonchev–Trinajstić information content (AvgIpc) is 3.27. The zero-order valence-electron chi connectivity index (χ0n) is 20.0. The smallest absolute Gasteiger partial charge is 0.242 e. The zero-order valence-corrected chi connectivity index (χ0v) is 21.6. The Labute approximate surface area is 211 Å². The van der Waals surface area contributed by atoms with Crippen LogP contribution >= 0.6 is 11.6 Å². The van der Waals surface area contributed by atoms with E-state index in [1.807, 2.05) is 13.0 Å². The molecule has 0 spiro atoms. The summed E-state index contributed by atoms with van der Waals surface area (Å²) in [4.78, 5) is 27.2. The van der Waals surface area contributed by atoms with Crippen molar-refractivity contribution in [3.8, 4) is 11.5 Å². The van der Waals surface area contributed by atoms with E-state index in [4.69, 9.17) is 21.1 Å². The Bertz CT molecular complexity index is 1170. The van der Waals surface area contributed by atoms with Crippen LogP contribution in [0.15, 0.2) is 42.5 Å². The highest BCUT2D eigenvalue weighted by molar-refractivity contribution is 7.92. The molecular formula is C24H30ClN3O6S. The molecule has 0 unspecified atom stereocenters. The van der Waals surface area contributed by atoms with Gasteiger partial charge >= 0.3 is 0 Å². The normalized spacial score (nSPS) is 13.3. The maximum absolute atomic E-state index is 13.2. The second-order valence-corrected chi connectivity index (χ2v) is 10.5. The summed E-state index contributed by atoms with van der Waals surface area (Å²) in [6.45, 7) is 4.30. The number of ether oxygens (including phenoxy) is 2. The minimum Gasteiger partial charge on any atom is -0.454 e. The molecule has 2 amide bonds. The van der Waals surface area contributed by atoms with Crippen molar-refractivity contribution < 1.29 is 27.5 Å². The summed E-state index contributed by atoms with van der Waals surface area (Å²) in [6, 6.07) is 11.3. The molecule has 0 bridgehead atoms. The van der Waals surface area contributed by atoms with E-state index in [-0.39, 0.29) is 44.5 Å². The second kappa shape index (κ2) is 11.6. The van der Waals surface area contributed by atoms with Gasteiger partial charge in [0.2, 0.25) is 28.6 Å². The van der Waals surface area contributed by atoms with E-state index in [0.717, 1.165) is 11.8 Å². The summed E-state index contributed by atoms with van der Waals surface area (Å²) in [6.07, 6.45) is 1.43. The number of nitrogens with zero attached hydrogens (tertiary/aromatic N) is 2. The van der Waals surface area contributed by atoms with Crippen LogP contribution in [-0.4, -0.2) is 57.3 Å². The summed E-state index contributed by atoms with van der Waals surface area (Å²) in [7, 11) is -3.61. The van der Waals surface area contributed by atoms with Gasteiger partial charge in [-0.3, -0.25) is 13.9 Å². The third kappa shape index (κ3) is 7.02. The topological polar surface area (TPSA) is 105 Å². The van der Waals surface area contributed by atoms with Crippen molar-refractivity contribution in [2.75, 3.05) is 30.4 Å². The number of likely N-dealkylation sites (N-methyl/N-ethyl adjacent to an activating group) is 1. The molecule has 1 N–H and O–H groups in total. The first-order valence-electron chi connectivity index (χ1n) is 11.3. The van der Waals surface area contributed by atoms with Crippen molar-refractivity contribution in [3.63, 3.8) is 0 Å². The van der Waals surface area contributed by atoms with Gasteiger partial charge < -0.3 is 19.7 Å². The van der Waals surface area contributed by atoms with Gasteiger partial charge in [0.15, 0.2) is 11.5 Å². The Morgan fingerprint density at radius 3 is 2.57 bits per heavy atom. The Balaban J connectivity index is 1.72. The summed E-state index contributed by atoms with van der Waals surface area (Å²) in [5, 5.41) is 3.28. The van der Waals surface area contributed by atoms with Gasteiger partial charge in [-0.25, -0.2) is 8.42 Å². The molecule has 3 rings (SSSR count). The Morgan fingerprint density at radius 1 is 1.14 bits per heavy atom. The van der Waals surface area contributed by atoms with Crippen LogP contribution < -0.4 is 19.1 Å². The van der Waals surface area contributed by atoms with E-state index in [1.165, 1.54) is 9.21 Å². The number of carbonyl (C=O) groups is 2. The molecule has 2 aromatic carbocycles. The largest absolute Gasteiger partial charge is 0.454 e. The lowest BCUT2D eigenvalue weighted by atomic mass is 10.1. The van der Waals surface area contributed by atoms with Crippen LogP contribution in [0.25, 0.3) is 0 Å². The van der Waals surface area contributed by atoms with Gasteiger partial charge in [0.1, 0.15) is 6.04 Å². The Morgan fingerprint density at radius 2 is 1.89 bits per heavy atom. The molecule has 9 nitrogen and oxygen atoms in total. The lowest BCUT2D eigenvalue weighted by Crippen LogP contribution is -2.47. The van der Waals surface area contributed by atoms with Gasteiger partial charge in [-0.2, -0.15) is 0 Å². The van der Waals surface area contributed by atoms with Crippen molar-refractivity contribution in [1.82, 2.24) is 10.2 Å². The summed E-state index contributed by atoms with van der Waals surface area (Å²) in [5.74, 6) is 0.493. The number of nitrogens with one attached hydrogen (secondary N) is 1. The van der Waals surface area contributed by atoms with Crippen molar-refractivity contribution >= 4 is 39.1 Å². The lowest BCUT2D eigenvalue weighted by molar-refractivity contribution is -0.140. The first kappa shape index (κ1) is 26.6. The first-order valence-corrected chi connectivity index (χ1v) is 13.5. The monoisotopic (exact) mass is 523 g/mol. The van der Waals surface area contributed by atoms with E-state index in [0.29, 0.717) is 28.8 Å². The molecular weight excluding hydrogens is 494 g/mol. The number of hydrogen-bond donors (Lipinski definition) is 1. The van der Waals surface area contributed by atoms with E-state index >= 15 is 0 Å². The van der Waals surface area contributed by atoms with E-state index in [9.17, 15) is 18.0 Å². The van der Waals surface area contributed by atoms with Crippen LogP contribution in [0.2, 0.25) is 5.02 Å². The number of benzene rings is 2. The molecule has 1 aliphatic heterocycles. The number of sulfonamides is 1. The molecule has 0 fully saturated rings. The van der Waals surface area contributed by atoms with Gasteiger partial charge in [-0.05, 0) is 50.1 Å². The van der Waals surface area contributed by atoms with E-state index in [1.54, 1.807) is 43.3 Å². The fourth-order valence-corrected chi connectivity index (χ4v) is 4.95. The predicted octanol–water partition coefficient (Wildman–Crippen LogP) is 3.17. The van der Waals surface area contributed by atoms with Crippen molar-refractivity contribution in [1.29, 1.82) is 0 Å². The Hall–Kier alpha value is -2.98. The number of anilines is 1. The quantitative estimate of drug-likeness (QED) is 0.485. The van der Waals surface area contributed by atoms with Crippen molar-refractivity contribution in [3.05, 3.63) is 53.1 Å². The molecule has 1 heterocycles. The predicted molar refractivity (Wildman–Crippen MR) is 134 cm³/mol. The molecule has 0 saturated heterocycles. The van der Waals surface area contributed by atoms with Gasteiger partial charge in [0, 0.05) is 37.1 Å². The highest BCUT2D eigenvalue weighted by atomic mass is 35.5. The molecule has 0 saturated carbocycles. The number of rotatable bonds is 11. The maximum Gasteiger partial charge on any atom is 0.242 e. The number of amides is 2. The Kier molecular flexibility index (Phi) is 8.85. The standard InChI is InChI=1S/C24H30ClN3O6S/c1-4-26-24(30)17(2)27(15-18-7-5-8-19(25)13-18)23(29)9-6-12-28(35(3,31)32)20-10-11-21-22(14-20)34-16-33-21/h5,7-8,10-11,13-14,17H,4,6,9,12,15-16H2,1-3H3,(H,26,30)/t17-/m0/s1. The van der Waals surface area contributed by atoms with E-state index in [2.05, 4.69) is 5.32 Å². The van der Waals surface area contributed by atoms with Gasteiger partial charge in [-0.15, -0.1) is 0 Å². The van der Waals surface area contributed by atoms with Crippen LogP contribution in [-0.2, 0) is 26.2 Å². The molecule has 2 aromatic rings. The molecule has 1 atom stereocenters. The van der Waals surface area contributed by atoms with Gasteiger partial charge in [0.25, 0.3) is 0 Å². The average molecular weight is 524 g/mol. The zero-order chi connectivity index (χ0) is 25.6. The number of carbonyl (C=O) groups excluding carboxylic acids is 2. The number of fused-ring (bicyclic) bond motifs is 1. The van der Waals surface area contributed by atoms with Crippen LogP contribution in [0.1, 0.15) is 32.3 Å². The molecule has 0 radical (unpaired) electrons. The van der Waals surface area contributed by atoms with Crippen LogP contribution in [0.4, 0.5) is 5.69 Å². The lowest BCUT2D eigenvalue weighted by Gasteiger charge is -2.29. The third-order valence-corrected chi connectivity index (χ3v) is 6.99. The van der Waals surface area contributed by atoms with Crippen molar-refractivity contribution in [2.24, 2.45) is 0 Å². The molecule has 1 aliphatic rings. The highest BCUT2D eigenvalue weighted by Crippen LogP contribution is 2.36.